The molecule has 4 nitrogen and oxygen atoms in total. The van der Waals surface area contributed by atoms with Gasteiger partial charge in [0.25, 0.3) is 0 Å². The van der Waals surface area contributed by atoms with Crippen molar-refractivity contribution in [3.8, 4) is 0 Å². The Hall–Kier alpha value is -0.160. The van der Waals surface area contributed by atoms with E-state index in [1.54, 1.807) is 0 Å². The summed E-state index contributed by atoms with van der Waals surface area (Å²) >= 11 is 0. The fourth-order valence-corrected chi connectivity index (χ4v) is 3.43. The lowest BCUT2D eigenvalue weighted by Gasteiger charge is -2.45. The van der Waals surface area contributed by atoms with E-state index in [2.05, 4.69) is 15.1 Å². The molecule has 0 aliphatic carbocycles. The van der Waals surface area contributed by atoms with Crippen molar-refractivity contribution in [2.45, 2.75) is 18.9 Å². The topological polar surface area (TPSA) is 27.7 Å². The molecule has 0 spiro atoms. The molecule has 0 aromatic carbocycles. The van der Waals surface area contributed by atoms with E-state index in [9.17, 15) is 0 Å². The van der Waals surface area contributed by atoms with Crippen LogP contribution in [0.5, 0.6) is 0 Å². The first-order chi connectivity index (χ1) is 8.42. The monoisotopic (exact) mass is 239 g/mol. The molecule has 1 atom stereocenters. The Labute approximate surface area is 104 Å². The van der Waals surface area contributed by atoms with Crippen molar-refractivity contribution >= 4 is 0 Å². The summed E-state index contributed by atoms with van der Waals surface area (Å²) in [6.07, 6.45) is 2.82. The van der Waals surface area contributed by atoms with Gasteiger partial charge in [-0.3, -0.25) is 4.90 Å². The van der Waals surface area contributed by atoms with Crippen LogP contribution in [0, 0.1) is 5.92 Å². The zero-order chi connectivity index (χ0) is 11.5. The molecule has 0 saturated carbocycles. The maximum Gasteiger partial charge on any atom is 0.0594 e. The molecular weight excluding hydrogens is 214 g/mol. The molecule has 2 bridgehead atoms. The van der Waals surface area contributed by atoms with Gasteiger partial charge in [-0.1, -0.05) is 0 Å². The van der Waals surface area contributed by atoms with Gasteiger partial charge in [0, 0.05) is 38.8 Å². The highest BCUT2D eigenvalue weighted by Gasteiger charge is 2.33. The first kappa shape index (κ1) is 11.9. The largest absolute Gasteiger partial charge is 0.379 e. The molecule has 4 rings (SSSR count). The molecule has 0 radical (unpaired) electrons. The minimum absolute atomic E-state index is 0.763. The van der Waals surface area contributed by atoms with Crippen LogP contribution in [0.1, 0.15) is 12.8 Å². The lowest BCUT2D eigenvalue weighted by molar-refractivity contribution is 0.0347. The lowest BCUT2D eigenvalue weighted by Crippen LogP contribution is -2.57. The second kappa shape index (κ2) is 5.65. The third-order valence-corrected chi connectivity index (χ3v) is 4.59. The van der Waals surface area contributed by atoms with E-state index >= 15 is 0 Å². The fourth-order valence-electron chi connectivity index (χ4n) is 3.43. The minimum atomic E-state index is 0.763. The molecule has 1 unspecified atom stereocenters. The van der Waals surface area contributed by atoms with Crippen LogP contribution in [0.15, 0.2) is 0 Å². The van der Waals surface area contributed by atoms with Gasteiger partial charge in [-0.2, -0.15) is 0 Å². The summed E-state index contributed by atoms with van der Waals surface area (Å²) in [5, 5.41) is 3.78. The molecule has 0 amide bonds. The van der Waals surface area contributed by atoms with Crippen molar-refractivity contribution in [1.29, 1.82) is 0 Å². The summed E-state index contributed by atoms with van der Waals surface area (Å²) in [7, 11) is 0. The summed E-state index contributed by atoms with van der Waals surface area (Å²) in [6, 6.07) is 0.763. The predicted octanol–water partition coefficient (Wildman–Crippen LogP) is 0.00240. The predicted molar refractivity (Wildman–Crippen MR) is 68.2 cm³/mol. The molecule has 4 heterocycles. The van der Waals surface area contributed by atoms with Gasteiger partial charge in [-0.15, -0.1) is 0 Å². The first-order valence-corrected chi connectivity index (χ1v) is 7.18. The zero-order valence-corrected chi connectivity index (χ0v) is 10.7. The number of hydrogen-bond donors (Lipinski definition) is 1. The highest BCUT2D eigenvalue weighted by Crippen LogP contribution is 2.27. The van der Waals surface area contributed by atoms with Crippen LogP contribution < -0.4 is 5.32 Å². The van der Waals surface area contributed by atoms with Crippen LogP contribution in [0.3, 0.4) is 0 Å². The van der Waals surface area contributed by atoms with Crippen molar-refractivity contribution in [1.82, 2.24) is 15.1 Å². The van der Waals surface area contributed by atoms with Gasteiger partial charge in [-0.05, 0) is 31.8 Å². The standard InChI is InChI=1S/C13H25N3O/c1-4-16-5-2-12(1)13(11-16)14-3-6-15-7-9-17-10-8-15/h12-14H,1-11H2. The van der Waals surface area contributed by atoms with Gasteiger partial charge < -0.3 is 15.0 Å². The average Bonchev–Trinajstić information content (AvgIpc) is 2.41. The minimum Gasteiger partial charge on any atom is -0.379 e. The van der Waals surface area contributed by atoms with Gasteiger partial charge in [0.1, 0.15) is 0 Å². The Bertz CT molecular complexity index is 235. The zero-order valence-electron chi connectivity index (χ0n) is 10.7. The van der Waals surface area contributed by atoms with Gasteiger partial charge >= 0.3 is 0 Å². The van der Waals surface area contributed by atoms with E-state index in [0.29, 0.717) is 0 Å². The Kier molecular flexibility index (Phi) is 3.96. The number of piperidine rings is 3. The summed E-state index contributed by atoms with van der Waals surface area (Å²) < 4.78 is 5.37. The van der Waals surface area contributed by atoms with Crippen LogP contribution in [-0.2, 0) is 4.74 Å². The van der Waals surface area contributed by atoms with Crippen molar-refractivity contribution in [2.75, 3.05) is 59.0 Å². The lowest BCUT2D eigenvalue weighted by atomic mass is 9.84. The Morgan fingerprint density at radius 3 is 2.47 bits per heavy atom. The molecule has 4 aliphatic rings. The SMILES string of the molecule is C(CN1CCOCC1)NC1CN2CCC1CC2. The summed E-state index contributed by atoms with van der Waals surface area (Å²) in [4.78, 5) is 5.13. The smallest absolute Gasteiger partial charge is 0.0594 e. The number of rotatable bonds is 4. The highest BCUT2D eigenvalue weighted by molar-refractivity contribution is 4.90. The van der Waals surface area contributed by atoms with E-state index in [1.165, 1.54) is 39.0 Å². The summed E-state index contributed by atoms with van der Waals surface area (Å²) in [5.41, 5.74) is 0. The number of hydrogen-bond acceptors (Lipinski definition) is 4. The quantitative estimate of drug-likeness (QED) is 0.747. The van der Waals surface area contributed by atoms with Crippen molar-refractivity contribution in [3.63, 3.8) is 0 Å². The third-order valence-electron chi connectivity index (χ3n) is 4.59. The summed E-state index contributed by atoms with van der Waals surface area (Å²) in [5.74, 6) is 0.949. The Morgan fingerprint density at radius 2 is 1.82 bits per heavy atom. The van der Waals surface area contributed by atoms with Crippen LogP contribution in [0.25, 0.3) is 0 Å². The average molecular weight is 239 g/mol. The van der Waals surface area contributed by atoms with Crippen molar-refractivity contribution in [2.24, 2.45) is 5.92 Å². The Morgan fingerprint density at radius 1 is 1.06 bits per heavy atom. The van der Waals surface area contributed by atoms with Crippen LogP contribution in [-0.4, -0.2) is 74.9 Å². The highest BCUT2D eigenvalue weighted by atomic mass is 16.5. The molecule has 0 aromatic rings. The van der Waals surface area contributed by atoms with Crippen molar-refractivity contribution < 1.29 is 4.74 Å². The van der Waals surface area contributed by atoms with Gasteiger partial charge in [0.05, 0.1) is 13.2 Å². The molecule has 0 aromatic heterocycles. The van der Waals surface area contributed by atoms with Crippen LogP contribution in [0.2, 0.25) is 0 Å². The van der Waals surface area contributed by atoms with Gasteiger partial charge in [0.2, 0.25) is 0 Å². The first-order valence-electron chi connectivity index (χ1n) is 7.18. The van der Waals surface area contributed by atoms with E-state index in [4.69, 9.17) is 4.74 Å². The van der Waals surface area contributed by atoms with Crippen LogP contribution >= 0.6 is 0 Å². The van der Waals surface area contributed by atoms with E-state index in [0.717, 1.165) is 44.8 Å². The van der Waals surface area contributed by atoms with Crippen molar-refractivity contribution in [3.05, 3.63) is 0 Å². The molecular formula is C13H25N3O. The number of ether oxygens (including phenoxy) is 1. The number of morpholine rings is 1. The normalized spacial score (nSPS) is 38.5. The number of nitrogens with one attached hydrogen (secondary N) is 1. The summed E-state index contributed by atoms with van der Waals surface area (Å²) in [6.45, 7) is 10.4. The van der Waals surface area contributed by atoms with E-state index in [-0.39, 0.29) is 0 Å². The second-order valence-electron chi connectivity index (χ2n) is 5.65. The maximum absolute atomic E-state index is 5.37. The fraction of sp³-hybridized carbons (Fsp3) is 1.00. The molecule has 4 heteroatoms. The Balaban J connectivity index is 1.36. The van der Waals surface area contributed by atoms with Gasteiger partial charge in [0.15, 0.2) is 0 Å². The molecule has 4 saturated heterocycles. The van der Waals surface area contributed by atoms with Crippen LogP contribution in [0.4, 0.5) is 0 Å². The molecule has 4 aliphatic heterocycles. The van der Waals surface area contributed by atoms with E-state index < -0.39 is 0 Å². The third kappa shape index (κ3) is 2.99. The number of nitrogens with zero attached hydrogens (tertiary/aromatic N) is 2. The number of fused-ring (bicyclic) bond motifs is 3. The maximum atomic E-state index is 5.37. The molecule has 1 N–H and O–H groups in total. The molecule has 98 valence electrons. The van der Waals surface area contributed by atoms with Gasteiger partial charge in [-0.25, -0.2) is 0 Å². The molecule has 4 fully saturated rings. The molecule has 17 heavy (non-hydrogen) atoms. The second-order valence-corrected chi connectivity index (χ2v) is 5.65. The van der Waals surface area contributed by atoms with E-state index in [1.807, 2.05) is 0 Å².